The van der Waals surface area contributed by atoms with Gasteiger partial charge in [-0.15, -0.1) is 0 Å². The smallest absolute Gasteiger partial charge is 0.159 e. The van der Waals surface area contributed by atoms with Crippen molar-refractivity contribution in [2.24, 2.45) is 46.3 Å². The summed E-state index contributed by atoms with van der Waals surface area (Å²) in [6, 6.07) is 0. The lowest BCUT2D eigenvalue weighted by Crippen LogP contribution is -2.53. The minimum Gasteiger partial charge on any atom is -0.368 e. The lowest BCUT2D eigenvalue weighted by Gasteiger charge is -2.57. The third kappa shape index (κ3) is 3.62. The van der Waals surface area contributed by atoms with E-state index in [4.69, 9.17) is 0 Å². The summed E-state index contributed by atoms with van der Waals surface area (Å²) >= 11 is 0. The predicted octanol–water partition coefficient (Wildman–Crippen LogP) is 5.89. The van der Waals surface area contributed by atoms with Crippen LogP contribution in [0.4, 0.5) is 0 Å². The second-order valence-electron chi connectivity index (χ2n) is 12.0. The van der Waals surface area contributed by atoms with Gasteiger partial charge in [0.25, 0.3) is 0 Å². The molecule has 170 valence electrons. The van der Waals surface area contributed by atoms with Crippen molar-refractivity contribution < 1.29 is 15.0 Å². The van der Waals surface area contributed by atoms with Crippen LogP contribution < -0.4 is 0 Å². The topological polar surface area (TPSA) is 57.5 Å². The normalized spacial score (nSPS) is 42.9. The molecule has 0 amide bonds. The van der Waals surface area contributed by atoms with E-state index in [1.807, 2.05) is 6.92 Å². The quantitative estimate of drug-likeness (QED) is 0.531. The zero-order valence-corrected chi connectivity index (χ0v) is 19.7. The van der Waals surface area contributed by atoms with E-state index in [2.05, 4.69) is 26.8 Å². The molecule has 0 aromatic carbocycles. The molecular formula is C27H44O3. The molecule has 0 aromatic rings. The summed E-state index contributed by atoms with van der Waals surface area (Å²) in [5.41, 5.74) is 2.06. The Labute approximate surface area is 183 Å². The number of rotatable bonds is 6. The lowest BCUT2D eigenvalue weighted by atomic mass is 9.47. The second-order valence-corrected chi connectivity index (χ2v) is 12.0. The summed E-state index contributed by atoms with van der Waals surface area (Å²) < 4.78 is 0. The first-order valence-electron chi connectivity index (χ1n) is 12.8. The van der Waals surface area contributed by atoms with E-state index in [9.17, 15) is 15.0 Å². The van der Waals surface area contributed by atoms with E-state index < -0.39 is 6.29 Å². The minimum atomic E-state index is -1.19. The SMILES string of the molecule is CC(CCC[C@@H](C)[C@H]1CC[C@H]2[C@@H]3C(=O)C=C4CCCC[C@]4(C)[C@H]3CC[C@]12C)C(O)O. The van der Waals surface area contributed by atoms with Crippen molar-refractivity contribution in [2.45, 2.75) is 105 Å². The Bertz CT molecular complexity index is 682. The van der Waals surface area contributed by atoms with Crippen molar-refractivity contribution in [3.8, 4) is 0 Å². The third-order valence-electron chi connectivity index (χ3n) is 10.4. The predicted molar refractivity (Wildman–Crippen MR) is 121 cm³/mol. The monoisotopic (exact) mass is 416 g/mol. The molecule has 0 spiro atoms. The van der Waals surface area contributed by atoms with Crippen LogP contribution in [-0.2, 0) is 4.79 Å². The van der Waals surface area contributed by atoms with Gasteiger partial charge in [0.05, 0.1) is 0 Å². The highest BCUT2D eigenvalue weighted by atomic mass is 16.5. The number of allylic oxidation sites excluding steroid dienone is 2. The standard InChI is InChI=1S/C27H44O3/c1-17(8-7-9-18(2)25(29)30)20-11-12-21-24-22(13-15-27(20,21)4)26(3)14-6-5-10-19(26)16-23(24)28/h16-18,20-22,24-25,29-30H,5-15H2,1-4H3/t17-,18?,20-,21+,22+,24+,26+,27-/m1/s1. The number of carbonyl (C=O) groups is 1. The Morgan fingerprint density at radius 1 is 1.03 bits per heavy atom. The Morgan fingerprint density at radius 3 is 2.53 bits per heavy atom. The molecule has 8 atom stereocenters. The largest absolute Gasteiger partial charge is 0.368 e. The second kappa shape index (κ2) is 8.35. The Hall–Kier alpha value is -0.670. The number of aliphatic hydroxyl groups excluding tert-OH is 1. The van der Waals surface area contributed by atoms with Crippen molar-refractivity contribution in [3.05, 3.63) is 11.6 Å². The van der Waals surface area contributed by atoms with Gasteiger partial charge in [0, 0.05) is 11.8 Å². The van der Waals surface area contributed by atoms with Gasteiger partial charge < -0.3 is 10.2 Å². The number of aliphatic hydroxyl groups is 2. The van der Waals surface area contributed by atoms with E-state index in [0.717, 1.165) is 25.7 Å². The molecular weight excluding hydrogens is 372 g/mol. The molecule has 0 radical (unpaired) electrons. The van der Waals surface area contributed by atoms with Crippen molar-refractivity contribution in [1.29, 1.82) is 0 Å². The number of carbonyl (C=O) groups excluding carboxylic acids is 1. The van der Waals surface area contributed by atoms with E-state index in [-0.39, 0.29) is 17.3 Å². The molecule has 4 aliphatic carbocycles. The highest BCUT2D eigenvalue weighted by Gasteiger charge is 2.60. The minimum absolute atomic E-state index is 0.0448. The molecule has 0 bridgehead atoms. The van der Waals surface area contributed by atoms with Gasteiger partial charge in [-0.25, -0.2) is 0 Å². The molecule has 3 fully saturated rings. The molecule has 2 N–H and O–H groups in total. The number of hydrogen-bond donors (Lipinski definition) is 2. The highest BCUT2D eigenvalue weighted by Crippen LogP contribution is 2.66. The van der Waals surface area contributed by atoms with Crippen LogP contribution in [0.3, 0.4) is 0 Å². The van der Waals surface area contributed by atoms with Crippen molar-refractivity contribution >= 4 is 5.78 Å². The fourth-order valence-electron chi connectivity index (χ4n) is 8.52. The highest BCUT2D eigenvalue weighted by molar-refractivity contribution is 5.94. The zero-order valence-electron chi connectivity index (χ0n) is 19.7. The fraction of sp³-hybridized carbons (Fsp3) is 0.889. The number of hydrogen-bond acceptors (Lipinski definition) is 3. The molecule has 0 saturated heterocycles. The summed E-state index contributed by atoms with van der Waals surface area (Å²) in [5, 5.41) is 18.7. The van der Waals surface area contributed by atoms with Crippen LogP contribution >= 0.6 is 0 Å². The zero-order chi connectivity index (χ0) is 21.7. The van der Waals surface area contributed by atoms with Crippen LogP contribution in [0.2, 0.25) is 0 Å². The summed E-state index contributed by atoms with van der Waals surface area (Å²) in [6.07, 6.45) is 14.0. The van der Waals surface area contributed by atoms with Crippen LogP contribution in [0.5, 0.6) is 0 Å². The first kappa shape index (κ1) is 22.5. The summed E-state index contributed by atoms with van der Waals surface area (Å²) in [7, 11) is 0. The van der Waals surface area contributed by atoms with E-state index in [0.29, 0.717) is 34.9 Å². The maximum Gasteiger partial charge on any atom is 0.159 e. The molecule has 3 heteroatoms. The van der Waals surface area contributed by atoms with Gasteiger partial charge in [0.1, 0.15) is 0 Å². The average molecular weight is 417 g/mol. The molecule has 3 saturated carbocycles. The van der Waals surface area contributed by atoms with Gasteiger partial charge in [-0.3, -0.25) is 4.79 Å². The van der Waals surface area contributed by atoms with Crippen LogP contribution in [0, 0.1) is 46.3 Å². The average Bonchev–Trinajstić information content (AvgIpc) is 3.05. The molecule has 0 aliphatic heterocycles. The molecule has 0 aromatic heterocycles. The molecule has 0 heterocycles. The van der Waals surface area contributed by atoms with E-state index in [1.165, 1.54) is 50.5 Å². The van der Waals surface area contributed by atoms with Gasteiger partial charge in [-0.05, 0) is 91.9 Å². The lowest BCUT2D eigenvalue weighted by molar-refractivity contribution is -0.134. The maximum atomic E-state index is 13.4. The third-order valence-corrected chi connectivity index (χ3v) is 10.4. The van der Waals surface area contributed by atoms with Crippen molar-refractivity contribution in [1.82, 2.24) is 0 Å². The number of ketones is 1. The Kier molecular flexibility index (Phi) is 6.27. The van der Waals surface area contributed by atoms with Gasteiger partial charge in [-0.2, -0.15) is 0 Å². The van der Waals surface area contributed by atoms with E-state index in [1.54, 1.807) is 0 Å². The molecule has 1 unspecified atom stereocenters. The first-order valence-corrected chi connectivity index (χ1v) is 12.8. The summed E-state index contributed by atoms with van der Waals surface area (Å²) in [5.74, 6) is 3.17. The van der Waals surface area contributed by atoms with Crippen molar-refractivity contribution in [2.75, 3.05) is 0 Å². The van der Waals surface area contributed by atoms with Crippen LogP contribution in [0.25, 0.3) is 0 Å². The summed E-state index contributed by atoms with van der Waals surface area (Å²) in [6.45, 7) is 9.33. The first-order chi connectivity index (χ1) is 14.2. The Morgan fingerprint density at radius 2 is 1.80 bits per heavy atom. The molecule has 4 rings (SSSR count). The van der Waals surface area contributed by atoms with Gasteiger partial charge in [0.2, 0.25) is 0 Å². The fourth-order valence-corrected chi connectivity index (χ4v) is 8.52. The van der Waals surface area contributed by atoms with E-state index >= 15 is 0 Å². The van der Waals surface area contributed by atoms with Gasteiger partial charge in [-0.1, -0.05) is 52.5 Å². The molecule has 4 aliphatic rings. The van der Waals surface area contributed by atoms with Crippen LogP contribution in [0.15, 0.2) is 11.6 Å². The van der Waals surface area contributed by atoms with Gasteiger partial charge in [0.15, 0.2) is 12.1 Å². The van der Waals surface area contributed by atoms with Crippen LogP contribution in [-0.4, -0.2) is 22.3 Å². The van der Waals surface area contributed by atoms with Crippen LogP contribution in [0.1, 0.15) is 98.3 Å². The van der Waals surface area contributed by atoms with Gasteiger partial charge >= 0.3 is 0 Å². The molecule has 3 nitrogen and oxygen atoms in total. The Balaban J connectivity index is 1.48. The number of fused-ring (bicyclic) bond motifs is 5. The van der Waals surface area contributed by atoms with Crippen molar-refractivity contribution in [3.63, 3.8) is 0 Å². The summed E-state index contributed by atoms with van der Waals surface area (Å²) in [4.78, 5) is 13.4. The molecule has 30 heavy (non-hydrogen) atoms. The maximum absolute atomic E-state index is 13.4.